The predicted octanol–water partition coefficient (Wildman–Crippen LogP) is 2.03. The van der Waals surface area contributed by atoms with Gasteiger partial charge in [0.15, 0.2) is 5.82 Å². The zero-order valence-corrected chi connectivity index (χ0v) is 10.5. The number of hydrogen-bond acceptors (Lipinski definition) is 4. The summed E-state index contributed by atoms with van der Waals surface area (Å²) in [5.41, 5.74) is 0.845. The molecule has 0 aliphatic heterocycles. The monoisotopic (exact) mass is 243 g/mol. The molecule has 4 rings (SSSR count). The van der Waals surface area contributed by atoms with E-state index < -0.39 is 0 Å². The maximum Gasteiger partial charge on any atom is 0.203 e. The minimum atomic E-state index is 0.583. The van der Waals surface area contributed by atoms with Gasteiger partial charge in [0, 0.05) is 18.4 Å². The van der Waals surface area contributed by atoms with Crippen LogP contribution < -0.4 is 5.32 Å². The average molecular weight is 243 g/mol. The zero-order valence-electron chi connectivity index (χ0n) is 10.5. The smallest absolute Gasteiger partial charge is 0.203 e. The van der Waals surface area contributed by atoms with Crippen LogP contribution in [0.3, 0.4) is 0 Å². The molecular formula is C13H17N5. The molecule has 1 N–H and O–H groups in total. The van der Waals surface area contributed by atoms with Gasteiger partial charge >= 0.3 is 0 Å². The lowest BCUT2D eigenvalue weighted by atomic mass is 9.95. The van der Waals surface area contributed by atoms with Crippen LogP contribution in [0.4, 0.5) is 5.82 Å². The van der Waals surface area contributed by atoms with E-state index in [0.29, 0.717) is 6.04 Å². The molecule has 0 radical (unpaired) electrons. The van der Waals surface area contributed by atoms with Crippen molar-refractivity contribution in [3.05, 3.63) is 18.2 Å². The van der Waals surface area contributed by atoms with Crippen LogP contribution in [0.25, 0.3) is 5.65 Å². The summed E-state index contributed by atoms with van der Waals surface area (Å²) in [7, 11) is 0. The van der Waals surface area contributed by atoms with Crippen LogP contribution in [-0.2, 0) is 0 Å². The van der Waals surface area contributed by atoms with Crippen molar-refractivity contribution in [2.24, 2.45) is 11.8 Å². The number of rotatable bonds is 2. The molecule has 0 saturated heterocycles. The molecule has 3 unspecified atom stereocenters. The van der Waals surface area contributed by atoms with E-state index in [1.165, 1.54) is 25.7 Å². The van der Waals surface area contributed by atoms with Gasteiger partial charge in [0.25, 0.3) is 0 Å². The third kappa shape index (κ3) is 1.43. The first-order valence-electron chi connectivity index (χ1n) is 6.74. The maximum absolute atomic E-state index is 4.43. The van der Waals surface area contributed by atoms with Crippen LogP contribution in [-0.4, -0.2) is 25.6 Å². The van der Waals surface area contributed by atoms with Crippen molar-refractivity contribution in [2.75, 3.05) is 5.32 Å². The lowest BCUT2D eigenvalue weighted by Crippen LogP contribution is -2.26. The van der Waals surface area contributed by atoms with Crippen molar-refractivity contribution in [1.29, 1.82) is 0 Å². The fraction of sp³-hybridized carbons (Fsp3) is 0.615. The van der Waals surface area contributed by atoms with E-state index in [1.807, 2.05) is 23.7 Å². The third-order valence-corrected chi connectivity index (χ3v) is 4.56. The Hall–Kier alpha value is -1.65. The number of anilines is 1. The largest absolute Gasteiger partial charge is 0.364 e. The quantitative estimate of drug-likeness (QED) is 0.877. The molecule has 0 aromatic carbocycles. The van der Waals surface area contributed by atoms with Crippen molar-refractivity contribution >= 4 is 11.5 Å². The second-order valence-electron chi connectivity index (χ2n) is 5.64. The summed E-state index contributed by atoms with van der Waals surface area (Å²) in [6.07, 6.45) is 9.21. The number of hydrogen-bond donors (Lipinski definition) is 1. The highest BCUT2D eigenvalue weighted by atomic mass is 15.3. The highest BCUT2D eigenvalue weighted by Gasteiger charge is 2.39. The first kappa shape index (κ1) is 10.3. The highest BCUT2D eigenvalue weighted by Crippen LogP contribution is 2.45. The van der Waals surface area contributed by atoms with Gasteiger partial charge in [0.05, 0.1) is 0 Å². The number of fused-ring (bicyclic) bond motifs is 3. The molecular weight excluding hydrogens is 226 g/mol. The van der Waals surface area contributed by atoms with Gasteiger partial charge in [0.2, 0.25) is 5.65 Å². The van der Waals surface area contributed by atoms with E-state index in [0.717, 1.165) is 29.1 Å². The average Bonchev–Trinajstić information content (AvgIpc) is 3.06. The summed E-state index contributed by atoms with van der Waals surface area (Å²) in [5.74, 6) is 3.56. The van der Waals surface area contributed by atoms with Gasteiger partial charge in [-0.1, -0.05) is 6.42 Å². The molecule has 2 aliphatic rings. The van der Waals surface area contributed by atoms with E-state index >= 15 is 0 Å². The summed E-state index contributed by atoms with van der Waals surface area (Å²) < 4.78 is 1.99. The Morgan fingerprint density at radius 3 is 3.00 bits per heavy atom. The molecule has 2 saturated carbocycles. The number of nitrogens with zero attached hydrogens (tertiary/aromatic N) is 4. The minimum Gasteiger partial charge on any atom is -0.364 e. The summed E-state index contributed by atoms with van der Waals surface area (Å²) in [6, 6.07) is 0.583. The summed E-state index contributed by atoms with van der Waals surface area (Å²) in [4.78, 5) is 4.43. The minimum absolute atomic E-state index is 0.583. The van der Waals surface area contributed by atoms with Crippen molar-refractivity contribution in [3.63, 3.8) is 0 Å². The molecule has 5 nitrogen and oxygen atoms in total. The first-order chi connectivity index (χ1) is 8.81. The normalized spacial score (nSPS) is 30.2. The van der Waals surface area contributed by atoms with Gasteiger partial charge in [-0.15, -0.1) is 10.2 Å². The topological polar surface area (TPSA) is 55.1 Å². The Bertz CT molecular complexity index is 590. The van der Waals surface area contributed by atoms with Crippen molar-refractivity contribution in [1.82, 2.24) is 19.6 Å². The standard InChI is InChI=1S/C13H17N5/c1-8-16-17-13-12(14-4-5-18(8)13)15-11-7-9-2-3-10(11)6-9/h4-5,9-11H,2-3,6-7H2,1H3,(H,14,15). The summed E-state index contributed by atoms with van der Waals surface area (Å²) >= 11 is 0. The van der Waals surface area contributed by atoms with E-state index in [-0.39, 0.29) is 0 Å². The molecule has 3 atom stereocenters. The Morgan fingerprint density at radius 2 is 2.22 bits per heavy atom. The van der Waals surface area contributed by atoms with Crippen LogP contribution >= 0.6 is 0 Å². The predicted molar refractivity (Wildman–Crippen MR) is 68.4 cm³/mol. The highest BCUT2D eigenvalue weighted by molar-refractivity contribution is 5.62. The van der Waals surface area contributed by atoms with Crippen LogP contribution in [0.5, 0.6) is 0 Å². The Kier molecular flexibility index (Phi) is 2.10. The second kappa shape index (κ2) is 3.67. The summed E-state index contributed by atoms with van der Waals surface area (Å²) in [6.45, 7) is 1.96. The fourth-order valence-electron chi connectivity index (χ4n) is 3.64. The van der Waals surface area contributed by atoms with Crippen LogP contribution in [0.2, 0.25) is 0 Å². The van der Waals surface area contributed by atoms with Crippen molar-refractivity contribution in [2.45, 2.75) is 38.6 Å². The molecule has 2 fully saturated rings. The molecule has 94 valence electrons. The van der Waals surface area contributed by atoms with Crippen LogP contribution in [0.15, 0.2) is 12.4 Å². The van der Waals surface area contributed by atoms with Gasteiger partial charge in [-0.05, 0) is 38.0 Å². The SMILES string of the molecule is Cc1nnc2c(NC3CC4CCC3C4)nccn12. The van der Waals surface area contributed by atoms with E-state index in [9.17, 15) is 0 Å². The van der Waals surface area contributed by atoms with E-state index in [1.54, 1.807) is 0 Å². The Labute approximate surface area is 106 Å². The molecule has 0 spiro atoms. The summed E-state index contributed by atoms with van der Waals surface area (Å²) in [5, 5.41) is 11.9. The molecule has 5 heteroatoms. The van der Waals surface area contributed by atoms with Crippen molar-refractivity contribution in [3.8, 4) is 0 Å². The maximum atomic E-state index is 4.43. The lowest BCUT2D eigenvalue weighted by molar-refractivity contribution is 0.439. The molecule has 18 heavy (non-hydrogen) atoms. The molecule has 2 heterocycles. The van der Waals surface area contributed by atoms with Gasteiger partial charge in [-0.2, -0.15) is 0 Å². The molecule has 2 aromatic rings. The van der Waals surface area contributed by atoms with Crippen molar-refractivity contribution < 1.29 is 0 Å². The van der Waals surface area contributed by atoms with E-state index in [4.69, 9.17) is 0 Å². The molecule has 2 aliphatic carbocycles. The van der Waals surface area contributed by atoms with Gasteiger partial charge in [-0.25, -0.2) is 4.98 Å². The van der Waals surface area contributed by atoms with Gasteiger partial charge < -0.3 is 5.32 Å². The second-order valence-corrected chi connectivity index (χ2v) is 5.64. The van der Waals surface area contributed by atoms with Crippen LogP contribution in [0.1, 0.15) is 31.5 Å². The van der Waals surface area contributed by atoms with E-state index in [2.05, 4.69) is 20.5 Å². The Morgan fingerprint density at radius 1 is 1.28 bits per heavy atom. The van der Waals surface area contributed by atoms with Gasteiger partial charge in [-0.3, -0.25) is 4.40 Å². The zero-order chi connectivity index (χ0) is 12.1. The number of aromatic nitrogens is 4. The fourth-order valence-corrected chi connectivity index (χ4v) is 3.64. The Balaban J connectivity index is 1.67. The lowest BCUT2D eigenvalue weighted by Gasteiger charge is -2.23. The first-order valence-corrected chi connectivity index (χ1v) is 6.74. The molecule has 2 bridgehead atoms. The number of aryl methyl sites for hydroxylation is 1. The molecule has 2 aromatic heterocycles. The van der Waals surface area contributed by atoms with Gasteiger partial charge in [0.1, 0.15) is 5.82 Å². The third-order valence-electron chi connectivity index (χ3n) is 4.56. The number of nitrogens with one attached hydrogen (secondary N) is 1. The molecule has 0 amide bonds. The van der Waals surface area contributed by atoms with Crippen LogP contribution in [0, 0.1) is 18.8 Å².